The van der Waals surface area contributed by atoms with E-state index in [1.807, 2.05) is 13.2 Å². The molecule has 0 fully saturated rings. The van der Waals surface area contributed by atoms with Crippen LogP contribution >= 0.6 is 11.6 Å². The summed E-state index contributed by atoms with van der Waals surface area (Å²) in [7, 11) is 2.03. The first-order valence-electron chi connectivity index (χ1n) is 4.41. The lowest BCUT2D eigenvalue weighted by atomic mass is 10.2. The summed E-state index contributed by atoms with van der Waals surface area (Å²) in [6, 6.07) is 2.07. The minimum atomic E-state index is 0.537. The van der Waals surface area contributed by atoms with Crippen LogP contribution in [0.4, 0.5) is 5.82 Å². The van der Waals surface area contributed by atoms with Crippen molar-refractivity contribution >= 4 is 17.4 Å². The molecule has 0 atom stereocenters. The molecule has 0 radical (unpaired) electrons. The van der Waals surface area contributed by atoms with Gasteiger partial charge in [-0.2, -0.15) is 0 Å². The van der Waals surface area contributed by atoms with Crippen LogP contribution in [0.2, 0.25) is 0 Å². The van der Waals surface area contributed by atoms with Gasteiger partial charge in [-0.3, -0.25) is 0 Å². The van der Waals surface area contributed by atoms with E-state index in [1.165, 1.54) is 5.56 Å². The lowest BCUT2D eigenvalue weighted by molar-refractivity contribution is 0.933. The van der Waals surface area contributed by atoms with E-state index in [0.29, 0.717) is 5.88 Å². The highest BCUT2D eigenvalue weighted by Crippen LogP contribution is 2.15. The lowest BCUT2D eigenvalue weighted by Crippen LogP contribution is -2.17. The predicted molar refractivity (Wildman–Crippen MR) is 57.5 cm³/mol. The topological polar surface area (TPSA) is 16.1 Å². The molecule has 2 nitrogen and oxygen atoms in total. The maximum Gasteiger partial charge on any atom is 0.128 e. The van der Waals surface area contributed by atoms with Gasteiger partial charge in [0.1, 0.15) is 5.82 Å². The van der Waals surface area contributed by atoms with Gasteiger partial charge in [0.05, 0.1) is 0 Å². The van der Waals surface area contributed by atoms with E-state index in [9.17, 15) is 0 Å². The van der Waals surface area contributed by atoms with Gasteiger partial charge < -0.3 is 4.90 Å². The molecule has 0 N–H and O–H groups in total. The van der Waals surface area contributed by atoms with Gasteiger partial charge in [-0.15, -0.1) is 11.6 Å². The van der Waals surface area contributed by atoms with E-state index in [1.54, 1.807) is 0 Å². The van der Waals surface area contributed by atoms with Gasteiger partial charge in [0.15, 0.2) is 0 Å². The Balaban J connectivity index is 2.95. The van der Waals surface area contributed by atoms with Crippen molar-refractivity contribution in [1.82, 2.24) is 4.98 Å². The molecule has 0 bridgehead atoms. The number of aromatic nitrogens is 1. The summed E-state index contributed by atoms with van der Waals surface area (Å²) < 4.78 is 0. The van der Waals surface area contributed by atoms with Gasteiger partial charge in [-0.05, 0) is 31.0 Å². The van der Waals surface area contributed by atoms with Crippen LogP contribution in [0.5, 0.6) is 0 Å². The highest BCUT2D eigenvalue weighted by atomic mass is 35.5. The van der Waals surface area contributed by atoms with E-state index in [0.717, 1.165) is 17.9 Å². The zero-order valence-electron chi connectivity index (χ0n) is 8.34. The zero-order chi connectivity index (χ0) is 9.84. The van der Waals surface area contributed by atoms with Crippen LogP contribution in [0.1, 0.15) is 18.1 Å². The van der Waals surface area contributed by atoms with Crippen molar-refractivity contribution in [3.05, 3.63) is 23.4 Å². The van der Waals surface area contributed by atoms with Gasteiger partial charge in [0.25, 0.3) is 0 Å². The van der Waals surface area contributed by atoms with Crippen LogP contribution in [0.25, 0.3) is 0 Å². The van der Waals surface area contributed by atoms with Gasteiger partial charge in [-0.1, -0.05) is 0 Å². The second-order valence-electron chi connectivity index (χ2n) is 3.12. The molecule has 0 aromatic carbocycles. The van der Waals surface area contributed by atoms with Gasteiger partial charge in [0, 0.05) is 25.7 Å². The normalized spacial score (nSPS) is 10.2. The van der Waals surface area contributed by atoms with Gasteiger partial charge >= 0.3 is 0 Å². The molecule has 1 aromatic heterocycles. The summed E-state index contributed by atoms with van der Waals surface area (Å²) in [4.78, 5) is 6.42. The van der Waals surface area contributed by atoms with E-state index < -0.39 is 0 Å². The predicted octanol–water partition coefficient (Wildman–Crippen LogP) is 2.58. The van der Waals surface area contributed by atoms with Crippen LogP contribution in [0.15, 0.2) is 12.3 Å². The average Bonchev–Trinajstić information content (AvgIpc) is 2.16. The van der Waals surface area contributed by atoms with E-state index in [2.05, 4.69) is 29.8 Å². The van der Waals surface area contributed by atoms with E-state index in [4.69, 9.17) is 11.6 Å². The molecular weight excluding hydrogens is 184 g/mol. The third-order valence-corrected chi connectivity index (χ3v) is 2.50. The molecule has 3 heteroatoms. The van der Waals surface area contributed by atoms with Gasteiger partial charge in [-0.25, -0.2) is 4.98 Å². The third-order valence-electron chi connectivity index (χ3n) is 2.21. The maximum absolute atomic E-state index is 5.74. The molecule has 0 aliphatic carbocycles. The van der Waals surface area contributed by atoms with Crippen LogP contribution in [0.3, 0.4) is 0 Å². The van der Waals surface area contributed by atoms with Crippen molar-refractivity contribution in [3.63, 3.8) is 0 Å². The standard InChI is InChI=1S/C10H15ClN2/c1-4-13(3)10-5-8(2)9(6-11)7-12-10/h5,7H,4,6H2,1-3H3. The monoisotopic (exact) mass is 198 g/mol. The highest BCUT2D eigenvalue weighted by Gasteiger charge is 2.02. The number of hydrogen-bond donors (Lipinski definition) is 0. The molecule has 0 aliphatic heterocycles. The minimum Gasteiger partial charge on any atom is -0.360 e. The Morgan fingerprint density at radius 2 is 2.23 bits per heavy atom. The summed E-state index contributed by atoms with van der Waals surface area (Å²) in [5.41, 5.74) is 2.32. The fraction of sp³-hybridized carbons (Fsp3) is 0.500. The largest absolute Gasteiger partial charge is 0.360 e. The van der Waals surface area contributed by atoms with Crippen LogP contribution in [-0.2, 0) is 5.88 Å². The molecular formula is C10H15ClN2. The average molecular weight is 199 g/mol. The number of alkyl halides is 1. The Bertz CT molecular complexity index is 286. The smallest absolute Gasteiger partial charge is 0.128 e. The van der Waals surface area contributed by atoms with Crippen LogP contribution in [0, 0.1) is 6.92 Å². The summed E-state index contributed by atoms with van der Waals surface area (Å²) in [6.45, 7) is 5.13. The fourth-order valence-electron chi connectivity index (χ4n) is 1.08. The Morgan fingerprint density at radius 3 is 2.69 bits per heavy atom. The Labute approximate surface area is 84.5 Å². The second-order valence-corrected chi connectivity index (χ2v) is 3.38. The molecule has 72 valence electrons. The van der Waals surface area contributed by atoms with Crippen molar-refractivity contribution in [2.45, 2.75) is 19.7 Å². The van der Waals surface area contributed by atoms with E-state index >= 15 is 0 Å². The Kier molecular flexibility index (Phi) is 3.55. The molecule has 0 saturated heterocycles. The van der Waals surface area contributed by atoms with Crippen LogP contribution in [-0.4, -0.2) is 18.6 Å². The molecule has 1 aromatic rings. The lowest BCUT2D eigenvalue weighted by Gasteiger charge is -2.16. The second kappa shape index (κ2) is 4.47. The summed E-state index contributed by atoms with van der Waals surface area (Å²) in [5, 5.41) is 0. The first kappa shape index (κ1) is 10.3. The minimum absolute atomic E-state index is 0.537. The molecule has 1 heterocycles. The number of hydrogen-bond acceptors (Lipinski definition) is 2. The number of nitrogens with zero attached hydrogens (tertiary/aromatic N) is 2. The number of halogens is 1. The maximum atomic E-state index is 5.74. The zero-order valence-corrected chi connectivity index (χ0v) is 9.10. The molecule has 0 unspecified atom stereocenters. The van der Waals surface area contributed by atoms with E-state index in [-0.39, 0.29) is 0 Å². The van der Waals surface area contributed by atoms with Crippen molar-refractivity contribution < 1.29 is 0 Å². The highest BCUT2D eigenvalue weighted by molar-refractivity contribution is 6.17. The number of pyridine rings is 1. The molecule has 0 amide bonds. The van der Waals surface area contributed by atoms with Crippen molar-refractivity contribution in [3.8, 4) is 0 Å². The molecule has 0 saturated carbocycles. The molecule has 0 spiro atoms. The third kappa shape index (κ3) is 2.34. The summed E-state index contributed by atoms with van der Waals surface area (Å²) in [5.74, 6) is 1.54. The quantitative estimate of drug-likeness (QED) is 0.695. The summed E-state index contributed by atoms with van der Waals surface area (Å²) >= 11 is 5.74. The number of anilines is 1. The van der Waals surface area contributed by atoms with Crippen molar-refractivity contribution in [2.24, 2.45) is 0 Å². The summed E-state index contributed by atoms with van der Waals surface area (Å²) in [6.07, 6.45) is 1.85. The Morgan fingerprint density at radius 1 is 1.54 bits per heavy atom. The van der Waals surface area contributed by atoms with Crippen molar-refractivity contribution in [2.75, 3.05) is 18.5 Å². The number of aryl methyl sites for hydroxylation is 1. The first-order chi connectivity index (χ1) is 6.19. The molecule has 1 rings (SSSR count). The van der Waals surface area contributed by atoms with Crippen molar-refractivity contribution in [1.29, 1.82) is 0 Å². The number of rotatable bonds is 3. The molecule has 0 aliphatic rings. The molecule has 13 heavy (non-hydrogen) atoms. The Hall–Kier alpha value is -0.760. The van der Waals surface area contributed by atoms with Crippen LogP contribution < -0.4 is 4.90 Å². The van der Waals surface area contributed by atoms with Gasteiger partial charge in [0.2, 0.25) is 0 Å². The first-order valence-corrected chi connectivity index (χ1v) is 4.95. The SMILES string of the molecule is CCN(C)c1cc(C)c(CCl)cn1. The fourth-order valence-corrected chi connectivity index (χ4v) is 1.36.